The molecule has 156 valence electrons. The first-order valence-corrected chi connectivity index (χ1v) is 10.5. The van der Waals surface area contributed by atoms with Crippen molar-refractivity contribution in [3.05, 3.63) is 54.2 Å². The number of nitrogens with zero attached hydrogens (tertiary/aromatic N) is 3. The van der Waals surface area contributed by atoms with Crippen LogP contribution in [-0.2, 0) is 4.79 Å². The third-order valence-electron chi connectivity index (χ3n) is 5.99. The number of carbonyl (C=O) groups is 3. The summed E-state index contributed by atoms with van der Waals surface area (Å²) in [6.07, 6.45) is 5.69. The number of nitrogens with one attached hydrogen (secondary N) is 1. The molecular weight excluding hydrogens is 380 g/mol. The summed E-state index contributed by atoms with van der Waals surface area (Å²) in [7, 11) is 0. The molecule has 1 aliphatic carbocycles. The number of pyridine rings is 1. The van der Waals surface area contributed by atoms with Gasteiger partial charge in [0.1, 0.15) is 11.4 Å². The number of hydrogen-bond donors (Lipinski definition) is 1. The van der Waals surface area contributed by atoms with Crippen molar-refractivity contribution in [2.24, 2.45) is 0 Å². The number of carbonyl (C=O) groups excluding carboxylic acids is 3. The average molecular weight is 406 g/mol. The summed E-state index contributed by atoms with van der Waals surface area (Å²) in [5, 5.41) is 2.84. The van der Waals surface area contributed by atoms with Crippen LogP contribution in [0.25, 0.3) is 0 Å². The molecule has 4 rings (SSSR count). The minimum absolute atomic E-state index is 0.260. The summed E-state index contributed by atoms with van der Waals surface area (Å²) in [6, 6.07) is 12.9. The van der Waals surface area contributed by atoms with Crippen molar-refractivity contribution in [3.63, 3.8) is 0 Å². The summed E-state index contributed by atoms with van der Waals surface area (Å²) in [6.45, 7) is 2.50. The fraction of sp³-hybridized carbons (Fsp3) is 0.391. The Morgan fingerprint density at radius 2 is 1.83 bits per heavy atom. The van der Waals surface area contributed by atoms with Crippen molar-refractivity contribution in [1.82, 2.24) is 15.2 Å². The van der Waals surface area contributed by atoms with Gasteiger partial charge < -0.3 is 10.2 Å². The minimum Gasteiger partial charge on any atom is -0.327 e. The fourth-order valence-corrected chi connectivity index (χ4v) is 4.34. The van der Waals surface area contributed by atoms with Crippen LogP contribution < -0.4 is 10.2 Å². The van der Waals surface area contributed by atoms with Crippen LogP contribution in [0.1, 0.15) is 49.4 Å². The molecule has 1 saturated carbocycles. The fourth-order valence-electron chi connectivity index (χ4n) is 4.34. The van der Waals surface area contributed by atoms with Gasteiger partial charge in [0.2, 0.25) is 0 Å². The first-order chi connectivity index (χ1) is 14.5. The molecule has 1 aliphatic heterocycles. The van der Waals surface area contributed by atoms with Gasteiger partial charge in [-0.2, -0.15) is 0 Å². The lowest BCUT2D eigenvalue weighted by atomic mass is 9.82. The van der Waals surface area contributed by atoms with Gasteiger partial charge in [-0.15, -0.1) is 0 Å². The Labute approximate surface area is 176 Å². The molecule has 2 aromatic rings. The van der Waals surface area contributed by atoms with Crippen LogP contribution in [0.3, 0.4) is 0 Å². The van der Waals surface area contributed by atoms with Gasteiger partial charge in [0, 0.05) is 24.0 Å². The highest BCUT2D eigenvalue weighted by molar-refractivity contribution is 6.11. The number of benzene rings is 1. The molecule has 1 N–H and O–H groups in total. The van der Waals surface area contributed by atoms with Crippen molar-refractivity contribution in [2.45, 2.75) is 44.6 Å². The number of ketones is 1. The first-order valence-electron chi connectivity index (χ1n) is 10.5. The Morgan fingerprint density at radius 1 is 1.10 bits per heavy atom. The highest BCUT2D eigenvalue weighted by Crippen LogP contribution is 2.33. The monoisotopic (exact) mass is 406 g/mol. The molecule has 30 heavy (non-hydrogen) atoms. The summed E-state index contributed by atoms with van der Waals surface area (Å²) in [5.41, 5.74) is 0.589. The van der Waals surface area contributed by atoms with E-state index in [0.29, 0.717) is 18.4 Å². The quantitative estimate of drug-likeness (QED) is 0.585. The van der Waals surface area contributed by atoms with E-state index >= 15 is 0 Å². The van der Waals surface area contributed by atoms with E-state index in [1.165, 1.54) is 6.20 Å². The molecular formula is C23H26N4O3. The van der Waals surface area contributed by atoms with Crippen molar-refractivity contribution < 1.29 is 14.4 Å². The SMILES string of the molecule is CCN(c1ccccc1)c1ccc(C(=O)CN2C(=O)NC3(CCCCC3)C2=O)cn1. The van der Waals surface area contributed by atoms with Crippen LogP contribution in [0.2, 0.25) is 0 Å². The Kier molecular flexibility index (Phi) is 5.53. The number of amides is 3. The molecule has 0 atom stereocenters. The number of Topliss-reactive ketones (excluding diaryl/α,β-unsaturated/α-hetero) is 1. The van der Waals surface area contributed by atoms with E-state index in [1.807, 2.05) is 42.2 Å². The molecule has 3 amide bonds. The summed E-state index contributed by atoms with van der Waals surface area (Å²) in [5.74, 6) is 0.163. The van der Waals surface area contributed by atoms with E-state index in [-0.39, 0.29) is 18.2 Å². The summed E-state index contributed by atoms with van der Waals surface area (Å²) < 4.78 is 0. The number of aromatic nitrogens is 1. The molecule has 2 heterocycles. The highest BCUT2D eigenvalue weighted by atomic mass is 16.2. The number of para-hydroxylation sites is 1. The Balaban J connectivity index is 1.46. The van der Waals surface area contributed by atoms with Crippen molar-refractivity contribution in [3.8, 4) is 0 Å². The number of anilines is 2. The van der Waals surface area contributed by atoms with Crippen LogP contribution in [-0.4, -0.2) is 46.2 Å². The van der Waals surface area contributed by atoms with Crippen LogP contribution in [0, 0.1) is 0 Å². The number of imide groups is 1. The van der Waals surface area contributed by atoms with E-state index in [1.54, 1.807) is 12.1 Å². The number of urea groups is 1. The van der Waals surface area contributed by atoms with Crippen molar-refractivity contribution in [2.75, 3.05) is 18.0 Å². The zero-order valence-electron chi connectivity index (χ0n) is 17.1. The second-order valence-electron chi connectivity index (χ2n) is 7.87. The molecule has 1 aromatic carbocycles. The third kappa shape index (κ3) is 3.67. The topological polar surface area (TPSA) is 82.6 Å². The van der Waals surface area contributed by atoms with E-state index in [4.69, 9.17) is 0 Å². The van der Waals surface area contributed by atoms with Gasteiger partial charge in [-0.05, 0) is 44.0 Å². The Hall–Kier alpha value is -3.22. The maximum Gasteiger partial charge on any atom is 0.325 e. The molecule has 2 fully saturated rings. The number of rotatable bonds is 6. The largest absolute Gasteiger partial charge is 0.327 e. The Morgan fingerprint density at radius 3 is 2.47 bits per heavy atom. The van der Waals surface area contributed by atoms with Crippen LogP contribution in [0.15, 0.2) is 48.7 Å². The van der Waals surface area contributed by atoms with Gasteiger partial charge >= 0.3 is 6.03 Å². The van der Waals surface area contributed by atoms with E-state index in [2.05, 4.69) is 10.3 Å². The summed E-state index contributed by atoms with van der Waals surface area (Å²) in [4.78, 5) is 45.6. The van der Waals surface area contributed by atoms with Crippen LogP contribution >= 0.6 is 0 Å². The smallest absolute Gasteiger partial charge is 0.325 e. The van der Waals surface area contributed by atoms with Crippen molar-refractivity contribution >= 4 is 29.2 Å². The van der Waals surface area contributed by atoms with Gasteiger partial charge in [0.15, 0.2) is 5.78 Å². The third-order valence-corrected chi connectivity index (χ3v) is 5.99. The predicted molar refractivity (Wildman–Crippen MR) is 114 cm³/mol. The second kappa shape index (κ2) is 8.26. The maximum absolute atomic E-state index is 12.9. The maximum atomic E-state index is 12.9. The lowest BCUT2D eigenvalue weighted by Gasteiger charge is -2.30. The van der Waals surface area contributed by atoms with E-state index in [9.17, 15) is 14.4 Å². The minimum atomic E-state index is -0.810. The van der Waals surface area contributed by atoms with Crippen LogP contribution in [0.5, 0.6) is 0 Å². The van der Waals surface area contributed by atoms with Crippen molar-refractivity contribution in [1.29, 1.82) is 0 Å². The molecule has 7 nitrogen and oxygen atoms in total. The lowest BCUT2D eigenvalue weighted by Crippen LogP contribution is -2.48. The molecule has 0 bridgehead atoms. The zero-order chi connectivity index (χ0) is 21.1. The molecule has 7 heteroatoms. The zero-order valence-corrected chi connectivity index (χ0v) is 17.1. The van der Waals surface area contributed by atoms with Gasteiger partial charge in [-0.3, -0.25) is 14.5 Å². The predicted octanol–water partition coefficient (Wildman–Crippen LogP) is 3.68. The molecule has 1 saturated heterocycles. The Bertz CT molecular complexity index is 937. The highest BCUT2D eigenvalue weighted by Gasteiger charge is 2.51. The van der Waals surface area contributed by atoms with Crippen LogP contribution in [0.4, 0.5) is 16.3 Å². The van der Waals surface area contributed by atoms with Gasteiger partial charge in [0.05, 0.1) is 6.54 Å². The molecule has 1 spiro atoms. The standard InChI is InChI=1S/C23H26N4O3/c1-2-26(18-9-5-3-6-10-18)20-12-11-17(15-24-20)19(28)16-27-21(29)23(25-22(27)30)13-7-4-8-14-23/h3,5-6,9-12,15H,2,4,7-8,13-14,16H2,1H3,(H,25,30). The van der Waals surface area contributed by atoms with Gasteiger partial charge in [-0.25, -0.2) is 9.78 Å². The molecule has 2 aliphatic rings. The molecule has 1 aromatic heterocycles. The normalized spacial score (nSPS) is 17.8. The molecule has 0 unspecified atom stereocenters. The second-order valence-corrected chi connectivity index (χ2v) is 7.87. The molecule has 0 radical (unpaired) electrons. The summed E-state index contributed by atoms with van der Waals surface area (Å²) >= 11 is 0. The average Bonchev–Trinajstić information content (AvgIpc) is 3.00. The lowest BCUT2D eigenvalue weighted by molar-refractivity contribution is -0.132. The van der Waals surface area contributed by atoms with E-state index in [0.717, 1.165) is 42.2 Å². The number of hydrogen-bond acceptors (Lipinski definition) is 5. The van der Waals surface area contributed by atoms with Gasteiger partial charge in [0.25, 0.3) is 5.91 Å². The van der Waals surface area contributed by atoms with E-state index < -0.39 is 11.6 Å². The van der Waals surface area contributed by atoms with Gasteiger partial charge in [-0.1, -0.05) is 37.5 Å². The first kappa shape index (κ1) is 20.1.